The molecular weight excluding hydrogens is 296 g/mol. The third-order valence-corrected chi connectivity index (χ3v) is 2.68. The number of carbonyl (C=O) groups excluding carboxylic acids is 3. The minimum atomic E-state index is -2.38. The van der Waals surface area contributed by atoms with E-state index in [1.807, 2.05) is 0 Å². The summed E-state index contributed by atoms with van der Waals surface area (Å²) in [6.07, 6.45) is -3.70. The fraction of sp³-hybridized carbons (Fsp3) is 0.727. The normalized spacial score (nSPS) is 32.5. The van der Waals surface area contributed by atoms with Crippen LogP contribution in [0.5, 0.6) is 0 Å². The largest absolute Gasteiger partial charge is 0.463 e. The summed E-state index contributed by atoms with van der Waals surface area (Å²) >= 11 is 5.69. The summed E-state index contributed by atoms with van der Waals surface area (Å²) in [7, 11) is 0. The van der Waals surface area contributed by atoms with E-state index in [0.717, 1.165) is 13.8 Å². The summed E-state index contributed by atoms with van der Waals surface area (Å²) in [5.41, 5.74) is 0. The van der Waals surface area contributed by atoms with Gasteiger partial charge in [0.1, 0.15) is 12.7 Å². The Bertz CT molecular complexity index is 407. The number of aliphatic hydroxyl groups is 1. The second kappa shape index (κ2) is 6.38. The highest BCUT2D eigenvalue weighted by molar-refractivity contribution is 6.22. The van der Waals surface area contributed by atoms with Crippen LogP contribution in [0.1, 0.15) is 20.8 Å². The zero-order chi connectivity index (χ0) is 15.5. The number of rotatable bonds is 4. The molecule has 0 aliphatic carbocycles. The first-order valence-electron chi connectivity index (χ1n) is 5.70. The van der Waals surface area contributed by atoms with E-state index in [-0.39, 0.29) is 6.61 Å². The van der Waals surface area contributed by atoms with Gasteiger partial charge in [-0.1, -0.05) is 11.6 Å². The lowest BCUT2D eigenvalue weighted by Gasteiger charge is -2.24. The molecule has 0 bridgehead atoms. The van der Waals surface area contributed by atoms with Crippen molar-refractivity contribution in [3.8, 4) is 0 Å². The van der Waals surface area contributed by atoms with Gasteiger partial charge >= 0.3 is 17.9 Å². The van der Waals surface area contributed by atoms with Crippen molar-refractivity contribution in [3.63, 3.8) is 0 Å². The highest BCUT2D eigenvalue weighted by Crippen LogP contribution is 2.36. The van der Waals surface area contributed by atoms with Gasteiger partial charge in [0.2, 0.25) is 6.10 Å². The van der Waals surface area contributed by atoms with E-state index in [4.69, 9.17) is 30.5 Å². The molecule has 0 aromatic heterocycles. The van der Waals surface area contributed by atoms with Gasteiger partial charge in [-0.25, -0.2) is 0 Å². The van der Waals surface area contributed by atoms with E-state index < -0.39 is 41.5 Å². The van der Waals surface area contributed by atoms with Gasteiger partial charge in [-0.3, -0.25) is 14.4 Å². The van der Waals surface area contributed by atoms with Crippen LogP contribution in [-0.2, 0) is 33.3 Å². The molecular formula is C11H15ClO8. The van der Waals surface area contributed by atoms with Crippen molar-refractivity contribution in [3.05, 3.63) is 0 Å². The van der Waals surface area contributed by atoms with Crippen molar-refractivity contribution < 1.29 is 38.4 Å². The molecule has 0 aromatic carbocycles. The Morgan fingerprint density at radius 3 is 2.15 bits per heavy atom. The van der Waals surface area contributed by atoms with Crippen molar-refractivity contribution in [2.24, 2.45) is 0 Å². The Hall–Kier alpha value is -1.38. The van der Waals surface area contributed by atoms with Crippen LogP contribution in [0.4, 0.5) is 0 Å². The number of esters is 3. The van der Waals surface area contributed by atoms with E-state index >= 15 is 0 Å². The second-order valence-electron chi connectivity index (χ2n) is 4.17. The number of alkyl halides is 1. The van der Waals surface area contributed by atoms with Crippen LogP contribution in [-0.4, -0.2) is 53.2 Å². The lowest BCUT2D eigenvalue weighted by molar-refractivity contribution is -0.191. The number of ether oxygens (including phenoxy) is 4. The van der Waals surface area contributed by atoms with E-state index in [1.165, 1.54) is 6.92 Å². The summed E-state index contributed by atoms with van der Waals surface area (Å²) in [6, 6.07) is 0. The number of hydrogen-bond donors (Lipinski definition) is 1. The molecule has 0 saturated carbocycles. The molecule has 9 heteroatoms. The van der Waals surface area contributed by atoms with E-state index in [2.05, 4.69) is 0 Å². The average molecular weight is 311 g/mol. The first-order chi connectivity index (χ1) is 9.13. The van der Waals surface area contributed by atoms with Gasteiger partial charge in [0.05, 0.1) is 0 Å². The van der Waals surface area contributed by atoms with Crippen LogP contribution in [0.2, 0.25) is 0 Å². The molecule has 1 rings (SSSR count). The Kier molecular flexibility index (Phi) is 5.32. The minimum absolute atomic E-state index is 0.319. The monoisotopic (exact) mass is 310 g/mol. The molecule has 0 spiro atoms. The van der Waals surface area contributed by atoms with Gasteiger partial charge in [-0.15, -0.1) is 0 Å². The topological polar surface area (TPSA) is 108 Å². The van der Waals surface area contributed by atoms with Crippen LogP contribution in [0.25, 0.3) is 0 Å². The first-order valence-corrected chi connectivity index (χ1v) is 6.08. The quantitative estimate of drug-likeness (QED) is 0.428. The van der Waals surface area contributed by atoms with Gasteiger partial charge in [0.15, 0.2) is 6.10 Å². The molecule has 1 aliphatic rings. The average Bonchev–Trinajstić information content (AvgIpc) is 2.48. The number of hydrogen-bond acceptors (Lipinski definition) is 8. The number of halogens is 1. The Balaban J connectivity index is 2.90. The zero-order valence-electron chi connectivity index (χ0n) is 11.1. The molecule has 1 heterocycles. The lowest BCUT2D eigenvalue weighted by Crippen LogP contribution is -2.44. The van der Waals surface area contributed by atoms with Gasteiger partial charge in [-0.05, 0) is 0 Å². The fourth-order valence-electron chi connectivity index (χ4n) is 1.72. The summed E-state index contributed by atoms with van der Waals surface area (Å²) in [6.45, 7) is 3.07. The van der Waals surface area contributed by atoms with Crippen molar-refractivity contribution >= 4 is 29.5 Å². The summed E-state index contributed by atoms with van der Waals surface area (Å²) < 4.78 is 19.5. The molecule has 1 aliphatic heterocycles. The molecule has 0 amide bonds. The molecule has 0 radical (unpaired) electrons. The smallest absolute Gasteiger partial charge is 0.303 e. The van der Waals surface area contributed by atoms with Gasteiger partial charge in [0, 0.05) is 20.8 Å². The minimum Gasteiger partial charge on any atom is -0.463 e. The Morgan fingerprint density at radius 1 is 1.15 bits per heavy atom. The third kappa shape index (κ3) is 4.32. The standard InChI is InChI=1S/C11H15ClO8/c1-5(13)17-4-8-9(18-6(2)14)10(19-7(3)15)11(12,16)20-8/h8-10,16H,4H2,1-3H3/t8-,9-,10-,11-/m1/s1. The first kappa shape index (κ1) is 16.7. The lowest BCUT2D eigenvalue weighted by atomic mass is 10.1. The van der Waals surface area contributed by atoms with Crippen molar-refractivity contribution in [2.75, 3.05) is 6.61 Å². The van der Waals surface area contributed by atoms with Crippen molar-refractivity contribution in [2.45, 2.75) is 44.3 Å². The van der Waals surface area contributed by atoms with Gasteiger partial charge < -0.3 is 24.1 Å². The van der Waals surface area contributed by atoms with E-state index in [0.29, 0.717) is 0 Å². The van der Waals surface area contributed by atoms with E-state index in [9.17, 15) is 19.5 Å². The molecule has 8 nitrogen and oxygen atoms in total. The maximum atomic E-state index is 11.1. The predicted molar refractivity (Wildman–Crippen MR) is 63.4 cm³/mol. The Morgan fingerprint density at radius 2 is 1.70 bits per heavy atom. The number of carbonyl (C=O) groups is 3. The SMILES string of the molecule is CC(=O)OC[C@H]1O[C@@](O)(Cl)[C@H](OC(C)=O)[C@@H]1OC(C)=O. The molecule has 0 unspecified atom stereocenters. The van der Waals surface area contributed by atoms with Gasteiger partial charge in [0.25, 0.3) is 5.25 Å². The van der Waals surface area contributed by atoms with Crippen LogP contribution >= 0.6 is 11.6 Å². The van der Waals surface area contributed by atoms with Crippen LogP contribution < -0.4 is 0 Å². The van der Waals surface area contributed by atoms with E-state index in [1.54, 1.807) is 0 Å². The van der Waals surface area contributed by atoms with Crippen LogP contribution in [0.15, 0.2) is 0 Å². The van der Waals surface area contributed by atoms with Crippen LogP contribution in [0.3, 0.4) is 0 Å². The van der Waals surface area contributed by atoms with Crippen molar-refractivity contribution in [1.29, 1.82) is 0 Å². The molecule has 4 atom stereocenters. The maximum Gasteiger partial charge on any atom is 0.303 e. The van der Waals surface area contributed by atoms with Gasteiger partial charge in [-0.2, -0.15) is 0 Å². The molecule has 1 saturated heterocycles. The third-order valence-electron chi connectivity index (χ3n) is 2.38. The second-order valence-corrected chi connectivity index (χ2v) is 4.71. The summed E-state index contributed by atoms with van der Waals surface area (Å²) in [5.74, 6) is -2.04. The highest BCUT2D eigenvalue weighted by atomic mass is 35.5. The molecule has 20 heavy (non-hydrogen) atoms. The molecule has 1 N–H and O–H groups in total. The molecule has 114 valence electrons. The highest BCUT2D eigenvalue weighted by Gasteiger charge is 2.58. The zero-order valence-corrected chi connectivity index (χ0v) is 11.9. The fourth-order valence-corrected chi connectivity index (χ4v) is 2.00. The maximum absolute atomic E-state index is 11.1. The van der Waals surface area contributed by atoms with Crippen molar-refractivity contribution in [1.82, 2.24) is 0 Å². The molecule has 0 aromatic rings. The molecule has 1 fully saturated rings. The summed E-state index contributed by atoms with van der Waals surface area (Å²) in [5, 5.41) is 7.48. The van der Waals surface area contributed by atoms with Crippen LogP contribution in [0, 0.1) is 0 Å². The Labute approximate surface area is 119 Å². The predicted octanol–water partition coefficient (Wildman–Crippen LogP) is -0.303. The summed E-state index contributed by atoms with van der Waals surface area (Å²) in [4.78, 5) is 32.9.